The Kier molecular flexibility index (Phi) is 5.46. The van der Waals surface area contributed by atoms with Crippen molar-refractivity contribution in [1.82, 2.24) is 13.1 Å². The molecule has 1 atom stereocenters. The molecule has 28 heavy (non-hydrogen) atoms. The summed E-state index contributed by atoms with van der Waals surface area (Å²) in [5, 5.41) is 2.89. The number of piperidine rings is 1. The maximum absolute atomic E-state index is 13.2. The molecule has 4 rings (SSSR count). The zero-order valence-electron chi connectivity index (χ0n) is 14.7. The number of nitrogens with one attached hydrogen (secondary N) is 1. The van der Waals surface area contributed by atoms with E-state index in [0.717, 1.165) is 16.2 Å². The van der Waals surface area contributed by atoms with Crippen molar-refractivity contribution in [1.29, 1.82) is 0 Å². The normalized spacial score (nSPS) is 18.2. The standard InChI is InChI=1S/C18H17BrN4O3S2/c19-13-6-1-2-7-14(13)20-18(24)12-5-4-10-23(11-12)28(25,26)16-9-3-8-15-17(16)22-27-21-15/h1-3,6-9,12H,4-5,10-11H2,(H,20,24)/t12-/m0/s1. The summed E-state index contributed by atoms with van der Waals surface area (Å²) in [5.41, 5.74) is 1.62. The minimum Gasteiger partial charge on any atom is -0.325 e. The molecule has 7 nitrogen and oxygen atoms in total. The second kappa shape index (κ2) is 7.86. The first-order valence-electron chi connectivity index (χ1n) is 8.73. The lowest BCUT2D eigenvalue weighted by Crippen LogP contribution is -2.43. The second-order valence-electron chi connectivity index (χ2n) is 6.56. The van der Waals surface area contributed by atoms with Gasteiger partial charge < -0.3 is 5.32 Å². The van der Waals surface area contributed by atoms with Crippen LogP contribution >= 0.6 is 27.7 Å². The molecule has 1 fully saturated rings. The van der Waals surface area contributed by atoms with Gasteiger partial charge in [0.25, 0.3) is 0 Å². The highest BCUT2D eigenvalue weighted by Gasteiger charge is 2.34. The highest BCUT2D eigenvalue weighted by atomic mass is 79.9. The smallest absolute Gasteiger partial charge is 0.245 e. The van der Waals surface area contributed by atoms with Gasteiger partial charge in [0.2, 0.25) is 15.9 Å². The van der Waals surface area contributed by atoms with Crippen LogP contribution in [0.25, 0.3) is 11.0 Å². The van der Waals surface area contributed by atoms with Crippen LogP contribution in [-0.4, -0.2) is 40.5 Å². The number of aromatic nitrogens is 2. The van der Waals surface area contributed by atoms with Gasteiger partial charge in [-0.05, 0) is 53.0 Å². The van der Waals surface area contributed by atoms with Gasteiger partial charge in [0.15, 0.2) is 0 Å². The lowest BCUT2D eigenvalue weighted by atomic mass is 9.99. The van der Waals surface area contributed by atoms with Crippen LogP contribution in [0, 0.1) is 5.92 Å². The number of sulfonamides is 1. The largest absolute Gasteiger partial charge is 0.325 e. The van der Waals surface area contributed by atoms with Gasteiger partial charge in [-0.3, -0.25) is 4.79 Å². The Bertz CT molecular complexity index is 1130. The van der Waals surface area contributed by atoms with Gasteiger partial charge in [-0.2, -0.15) is 13.1 Å². The molecule has 1 aromatic heterocycles. The van der Waals surface area contributed by atoms with E-state index in [4.69, 9.17) is 0 Å². The molecule has 2 aromatic carbocycles. The molecule has 1 aliphatic rings. The van der Waals surface area contributed by atoms with Crippen molar-refractivity contribution >= 4 is 60.3 Å². The van der Waals surface area contributed by atoms with Crippen LogP contribution in [-0.2, 0) is 14.8 Å². The van der Waals surface area contributed by atoms with Gasteiger partial charge in [0.1, 0.15) is 15.9 Å². The third kappa shape index (κ3) is 3.69. The van der Waals surface area contributed by atoms with E-state index in [1.165, 1.54) is 4.31 Å². The molecule has 2 heterocycles. The third-order valence-electron chi connectivity index (χ3n) is 4.75. The number of rotatable bonds is 4. The minimum absolute atomic E-state index is 0.144. The molecule has 3 aromatic rings. The number of fused-ring (bicyclic) bond motifs is 1. The van der Waals surface area contributed by atoms with Gasteiger partial charge >= 0.3 is 0 Å². The average Bonchev–Trinajstić information content (AvgIpc) is 3.18. The van der Waals surface area contributed by atoms with E-state index in [1.807, 2.05) is 18.2 Å². The topological polar surface area (TPSA) is 92.3 Å². The van der Waals surface area contributed by atoms with Crippen molar-refractivity contribution in [3.8, 4) is 0 Å². The fraction of sp³-hybridized carbons (Fsp3) is 0.278. The number of halogens is 1. The van der Waals surface area contributed by atoms with E-state index >= 15 is 0 Å². The summed E-state index contributed by atoms with van der Waals surface area (Å²) in [7, 11) is -3.76. The van der Waals surface area contributed by atoms with E-state index in [0.29, 0.717) is 36.1 Å². The molecule has 10 heteroatoms. The van der Waals surface area contributed by atoms with E-state index in [-0.39, 0.29) is 17.3 Å². The first-order chi connectivity index (χ1) is 13.5. The van der Waals surface area contributed by atoms with E-state index in [2.05, 4.69) is 30.0 Å². The molecule has 1 N–H and O–H groups in total. The number of carbonyl (C=O) groups is 1. The zero-order chi connectivity index (χ0) is 19.7. The molecule has 1 saturated heterocycles. The Balaban J connectivity index is 1.55. The molecule has 0 spiro atoms. The Labute approximate surface area is 175 Å². The van der Waals surface area contributed by atoms with Crippen LogP contribution in [0.5, 0.6) is 0 Å². The third-order valence-corrected chi connectivity index (χ3v) is 7.88. The van der Waals surface area contributed by atoms with Crippen molar-refractivity contribution < 1.29 is 13.2 Å². The number of benzene rings is 2. The number of para-hydroxylation sites is 1. The van der Waals surface area contributed by atoms with Crippen LogP contribution in [0.1, 0.15) is 12.8 Å². The monoisotopic (exact) mass is 480 g/mol. The predicted octanol–water partition coefficient (Wildman–Crippen LogP) is 3.49. The summed E-state index contributed by atoms with van der Waals surface area (Å²) in [6.07, 6.45) is 1.27. The van der Waals surface area contributed by atoms with E-state index in [9.17, 15) is 13.2 Å². The number of hydrogen-bond donors (Lipinski definition) is 1. The quantitative estimate of drug-likeness (QED) is 0.616. The Morgan fingerprint density at radius 3 is 2.82 bits per heavy atom. The Morgan fingerprint density at radius 2 is 2.00 bits per heavy atom. The number of nitrogens with zero attached hydrogens (tertiary/aromatic N) is 3. The van der Waals surface area contributed by atoms with Crippen LogP contribution in [0.15, 0.2) is 51.8 Å². The maximum atomic E-state index is 13.2. The number of amides is 1. The summed E-state index contributed by atoms with van der Waals surface area (Å²) in [4.78, 5) is 12.9. The van der Waals surface area contributed by atoms with Crippen molar-refractivity contribution in [2.45, 2.75) is 17.7 Å². The molecule has 0 aliphatic carbocycles. The van der Waals surface area contributed by atoms with Crippen LogP contribution < -0.4 is 5.32 Å². The number of anilines is 1. The summed E-state index contributed by atoms with van der Waals surface area (Å²) in [6.45, 7) is 0.529. The molecular formula is C18H17BrN4O3S2. The van der Waals surface area contributed by atoms with Crippen molar-refractivity contribution in [2.75, 3.05) is 18.4 Å². The minimum atomic E-state index is -3.76. The first-order valence-corrected chi connectivity index (χ1v) is 11.7. The summed E-state index contributed by atoms with van der Waals surface area (Å²) < 4.78 is 36.8. The second-order valence-corrected chi connectivity index (χ2v) is 9.85. The zero-order valence-corrected chi connectivity index (χ0v) is 17.9. The Hall–Kier alpha value is -1.88. The van der Waals surface area contributed by atoms with Gasteiger partial charge in [-0.25, -0.2) is 8.42 Å². The SMILES string of the molecule is O=C(Nc1ccccc1Br)[C@H]1CCCN(S(=O)(=O)c2cccc3nsnc23)C1. The predicted molar refractivity (Wildman–Crippen MR) is 112 cm³/mol. The highest BCUT2D eigenvalue weighted by molar-refractivity contribution is 9.10. The maximum Gasteiger partial charge on any atom is 0.245 e. The lowest BCUT2D eigenvalue weighted by Gasteiger charge is -2.31. The fourth-order valence-corrected chi connectivity index (χ4v) is 5.96. The highest BCUT2D eigenvalue weighted by Crippen LogP contribution is 2.29. The Morgan fingerprint density at radius 1 is 1.18 bits per heavy atom. The molecule has 0 radical (unpaired) electrons. The van der Waals surface area contributed by atoms with Crippen molar-refractivity contribution in [3.63, 3.8) is 0 Å². The number of hydrogen-bond acceptors (Lipinski definition) is 6. The molecule has 146 valence electrons. The van der Waals surface area contributed by atoms with Crippen LogP contribution in [0.2, 0.25) is 0 Å². The molecule has 1 amide bonds. The van der Waals surface area contributed by atoms with Gasteiger partial charge in [-0.15, -0.1) is 0 Å². The van der Waals surface area contributed by atoms with Crippen molar-refractivity contribution in [2.24, 2.45) is 5.92 Å². The molecule has 1 aliphatic heterocycles. The van der Waals surface area contributed by atoms with E-state index in [1.54, 1.807) is 24.3 Å². The fourth-order valence-electron chi connectivity index (χ4n) is 3.30. The van der Waals surface area contributed by atoms with Crippen molar-refractivity contribution in [3.05, 3.63) is 46.9 Å². The van der Waals surface area contributed by atoms with Gasteiger partial charge in [-0.1, -0.05) is 18.2 Å². The molecule has 0 bridgehead atoms. The summed E-state index contributed by atoms with van der Waals surface area (Å²) >= 11 is 4.40. The summed E-state index contributed by atoms with van der Waals surface area (Å²) in [5.74, 6) is -0.594. The van der Waals surface area contributed by atoms with Crippen LogP contribution in [0.4, 0.5) is 5.69 Å². The average molecular weight is 481 g/mol. The van der Waals surface area contributed by atoms with Crippen LogP contribution in [0.3, 0.4) is 0 Å². The van der Waals surface area contributed by atoms with E-state index < -0.39 is 15.9 Å². The van der Waals surface area contributed by atoms with Gasteiger partial charge in [0, 0.05) is 17.6 Å². The summed E-state index contributed by atoms with van der Waals surface area (Å²) in [6, 6.07) is 12.3. The van der Waals surface area contributed by atoms with Gasteiger partial charge in [0.05, 0.1) is 23.3 Å². The molecule has 0 unspecified atom stereocenters. The lowest BCUT2D eigenvalue weighted by molar-refractivity contribution is -0.120. The molecular weight excluding hydrogens is 464 g/mol. The molecule has 0 saturated carbocycles. The first kappa shape index (κ1) is 19.4. The number of carbonyl (C=O) groups excluding carboxylic acids is 1.